The van der Waals surface area contributed by atoms with Gasteiger partial charge >= 0.3 is 0 Å². The van der Waals surface area contributed by atoms with Crippen molar-refractivity contribution in [3.05, 3.63) is 63.3 Å². The van der Waals surface area contributed by atoms with Crippen LogP contribution in [-0.2, 0) is 6.54 Å². The van der Waals surface area contributed by atoms with Gasteiger partial charge in [-0.1, -0.05) is 34.5 Å². The molecule has 0 bridgehead atoms. The van der Waals surface area contributed by atoms with Gasteiger partial charge in [0.05, 0.1) is 11.1 Å². The summed E-state index contributed by atoms with van der Waals surface area (Å²) in [6.45, 7) is 3.80. The molecular formula is C22H22BrNO3. The molecular weight excluding hydrogens is 406 g/mol. The zero-order valence-electron chi connectivity index (χ0n) is 15.2. The minimum atomic E-state index is -0.141. The molecule has 2 aliphatic rings. The second-order valence-corrected chi connectivity index (χ2v) is 8.17. The molecule has 27 heavy (non-hydrogen) atoms. The van der Waals surface area contributed by atoms with Crippen molar-refractivity contribution in [1.82, 2.24) is 4.90 Å². The molecule has 5 heteroatoms. The largest absolute Gasteiger partial charge is 0.507 e. The van der Waals surface area contributed by atoms with Gasteiger partial charge in [-0.2, -0.15) is 0 Å². The van der Waals surface area contributed by atoms with E-state index in [2.05, 4.69) is 27.8 Å². The first-order valence-electron chi connectivity index (χ1n) is 9.31. The number of carbonyl (C=O) groups is 1. The third-order valence-corrected chi connectivity index (χ3v) is 5.86. The minimum Gasteiger partial charge on any atom is -0.507 e. The maximum absolute atomic E-state index is 12.8. The van der Waals surface area contributed by atoms with Crippen LogP contribution >= 0.6 is 15.9 Å². The van der Waals surface area contributed by atoms with Gasteiger partial charge in [0.25, 0.3) is 0 Å². The van der Waals surface area contributed by atoms with E-state index < -0.39 is 0 Å². The number of carbonyl (C=O) groups excluding carboxylic acids is 1. The van der Waals surface area contributed by atoms with Crippen LogP contribution in [-0.4, -0.2) is 28.4 Å². The van der Waals surface area contributed by atoms with Crippen LogP contribution in [0.1, 0.15) is 47.7 Å². The van der Waals surface area contributed by atoms with E-state index in [4.69, 9.17) is 4.74 Å². The average Bonchev–Trinajstić information content (AvgIpc) is 2.95. The summed E-state index contributed by atoms with van der Waals surface area (Å²) in [5.41, 5.74) is 2.11. The molecule has 0 spiro atoms. The van der Waals surface area contributed by atoms with E-state index in [1.54, 1.807) is 18.2 Å². The van der Waals surface area contributed by atoms with Crippen molar-refractivity contribution in [1.29, 1.82) is 0 Å². The van der Waals surface area contributed by atoms with E-state index in [0.29, 0.717) is 35.2 Å². The Morgan fingerprint density at radius 1 is 1.30 bits per heavy atom. The average molecular weight is 428 g/mol. The Labute approximate surface area is 167 Å². The number of nitrogens with zero attached hydrogens (tertiary/aromatic N) is 1. The number of hydrogen-bond donors (Lipinski definition) is 1. The zero-order chi connectivity index (χ0) is 19.0. The fourth-order valence-corrected chi connectivity index (χ4v) is 4.21. The van der Waals surface area contributed by atoms with Crippen molar-refractivity contribution in [3.8, 4) is 11.5 Å². The minimum absolute atomic E-state index is 0.141. The summed E-state index contributed by atoms with van der Waals surface area (Å²) in [7, 11) is 0. The van der Waals surface area contributed by atoms with Crippen LogP contribution in [0.2, 0.25) is 0 Å². The smallest absolute Gasteiger partial charge is 0.231 e. The number of allylic oxidation sites excluding steroid dienone is 1. The van der Waals surface area contributed by atoms with Gasteiger partial charge in [-0.3, -0.25) is 9.69 Å². The van der Waals surface area contributed by atoms with Crippen LogP contribution in [0.25, 0.3) is 6.08 Å². The van der Waals surface area contributed by atoms with E-state index in [1.165, 1.54) is 6.42 Å². The Morgan fingerprint density at radius 3 is 2.93 bits per heavy atom. The topological polar surface area (TPSA) is 49.8 Å². The van der Waals surface area contributed by atoms with Gasteiger partial charge < -0.3 is 9.84 Å². The summed E-state index contributed by atoms with van der Waals surface area (Å²) in [4.78, 5) is 15.2. The highest BCUT2D eigenvalue weighted by atomic mass is 79.9. The van der Waals surface area contributed by atoms with E-state index >= 15 is 0 Å². The molecule has 2 heterocycles. The molecule has 0 saturated carbocycles. The van der Waals surface area contributed by atoms with Crippen molar-refractivity contribution < 1.29 is 14.6 Å². The van der Waals surface area contributed by atoms with E-state index in [9.17, 15) is 9.90 Å². The highest BCUT2D eigenvalue weighted by Gasteiger charge is 2.32. The summed E-state index contributed by atoms with van der Waals surface area (Å²) in [6.07, 6.45) is 5.31. The molecule has 0 aliphatic carbocycles. The summed E-state index contributed by atoms with van der Waals surface area (Å²) in [5, 5.41) is 10.4. The van der Waals surface area contributed by atoms with Crippen LogP contribution in [0.4, 0.5) is 0 Å². The quantitative estimate of drug-likeness (QED) is 0.688. The Morgan fingerprint density at radius 2 is 2.15 bits per heavy atom. The van der Waals surface area contributed by atoms with Gasteiger partial charge in [0.1, 0.15) is 11.5 Å². The van der Waals surface area contributed by atoms with Gasteiger partial charge in [-0.25, -0.2) is 0 Å². The second kappa shape index (κ2) is 7.49. The van der Waals surface area contributed by atoms with Crippen molar-refractivity contribution in [2.45, 2.75) is 38.8 Å². The lowest BCUT2D eigenvalue weighted by Crippen LogP contribution is -2.36. The zero-order valence-corrected chi connectivity index (χ0v) is 16.8. The van der Waals surface area contributed by atoms with Gasteiger partial charge in [0.2, 0.25) is 5.78 Å². The first kappa shape index (κ1) is 18.3. The standard InChI is InChI=1S/C22H22BrNO3/c1-14-5-2-3-10-24(14)13-18-19(25)9-8-17-21(26)20(27-22(17)18)12-15-6-4-7-16(23)11-15/h4,6-9,11-12,14,25H,2-3,5,10,13H2,1H3/b20-12-. The number of likely N-dealkylation sites (tertiary alicyclic amines) is 1. The van der Waals surface area contributed by atoms with Crippen LogP contribution < -0.4 is 4.74 Å². The maximum Gasteiger partial charge on any atom is 0.231 e. The fraction of sp³-hybridized carbons (Fsp3) is 0.318. The molecule has 1 unspecified atom stereocenters. The number of benzene rings is 2. The Hall–Kier alpha value is -2.11. The number of Topliss-reactive ketones (excluding diaryl/α,β-unsaturated/α-hetero) is 1. The van der Waals surface area contributed by atoms with Gasteiger partial charge in [-0.15, -0.1) is 0 Å². The van der Waals surface area contributed by atoms with E-state index in [0.717, 1.165) is 29.4 Å². The molecule has 140 valence electrons. The predicted molar refractivity (Wildman–Crippen MR) is 109 cm³/mol. The molecule has 0 radical (unpaired) electrons. The van der Waals surface area contributed by atoms with Crippen molar-refractivity contribution >= 4 is 27.8 Å². The molecule has 1 atom stereocenters. The first-order chi connectivity index (χ1) is 13.0. The predicted octanol–water partition coefficient (Wildman–Crippen LogP) is 5.15. The molecule has 1 N–H and O–H groups in total. The lowest BCUT2D eigenvalue weighted by atomic mass is 10.0. The lowest BCUT2D eigenvalue weighted by Gasteiger charge is -2.33. The maximum atomic E-state index is 12.8. The molecule has 2 aromatic carbocycles. The van der Waals surface area contributed by atoms with Gasteiger partial charge in [0, 0.05) is 17.1 Å². The number of fused-ring (bicyclic) bond motifs is 1. The van der Waals surface area contributed by atoms with Crippen molar-refractivity contribution in [2.75, 3.05) is 6.54 Å². The Bertz CT molecular complexity index is 922. The van der Waals surface area contributed by atoms with E-state index in [-0.39, 0.29) is 11.5 Å². The van der Waals surface area contributed by atoms with Crippen molar-refractivity contribution in [3.63, 3.8) is 0 Å². The molecule has 4 rings (SSSR count). The fourth-order valence-electron chi connectivity index (χ4n) is 3.79. The van der Waals surface area contributed by atoms with E-state index in [1.807, 2.05) is 24.3 Å². The van der Waals surface area contributed by atoms with Crippen LogP contribution in [0.5, 0.6) is 11.5 Å². The lowest BCUT2D eigenvalue weighted by molar-refractivity contribution is 0.101. The molecule has 0 amide bonds. The molecule has 2 aromatic rings. The number of phenolic OH excluding ortho intramolecular Hbond substituents is 1. The van der Waals surface area contributed by atoms with Crippen LogP contribution in [0, 0.1) is 0 Å². The Kier molecular flexibility index (Phi) is 5.06. The summed E-state index contributed by atoms with van der Waals surface area (Å²) >= 11 is 3.44. The van der Waals surface area contributed by atoms with Gasteiger partial charge in [-0.05, 0) is 62.2 Å². The monoisotopic (exact) mass is 427 g/mol. The number of ether oxygens (including phenoxy) is 1. The summed E-state index contributed by atoms with van der Waals surface area (Å²) in [6, 6.07) is 11.4. The number of piperidine rings is 1. The molecule has 4 nitrogen and oxygen atoms in total. The van der Waals surface area contributed by atoms with Crippen LogP contribution in [0.3, 0.4) is 0 Å². The number of ketones is 1. The number of aromatic hydroxyl groups is 1. The van der Waals surface area contributed by atoms with Crippen molar-refractivity contribution in [2.24, 2.45) is 0 Å². The number of hydrogen-bond acceptors (Lipinski definition) is 4. The normalized spacial score (nSPS) is 21.3. The van der Waals surface area contributed by atoms with Crippen LogP contribution in [0.15, 0.2) is 46.6 Å². The summed E-state index contributed by atoms with van der Waals surface area (Å²) < 4.78 is 6.90. The number of rotatable bonds is 3. The molecule has 1 saturated heterocycles. The third-order valence-electron chi connectivity index (χ3n) is 5.36. The molecule has 0 aromatic heterocycles. The number of halogens is 1. The molecule has 2 aliphatic heterocycles. The third kappa shape index (κ3) is 3.66. The highest BCUT2D eigenvalue weighted by molar-refractivity contribution is 9.10. The number of phenols is 1. The first-order valence-corrected chi connectivity index (χ1v) is 10.1. The highest BCUT2D eigenvalue weighted by Crippen LogP contribution is 2.40. The molecule has 1 fully saturated rings. The Balaban J connectivity index is 1.66. The summed E-state index contributed by atoms with van der Waals surface area (Å²) in [5.74, 6) is 0.835. The second-order valence-electron chi connectivity index (χ2n) is 7.25. The van der Waals surface area contributed by atoms with Gasteiger partial charge in [0.15, 0.2) is 5.76 Å². The SMILES string of the molecule is CC1CCCCN1Cc1c(O)ccc2c1O/C(=C\c1cccc(Br)c1)C2=O.